The zero-order chi connectivity index (χ0) is 19.3. The van der Waals surface area contributed by atoms with Gasteiger partial charge in [0, 0.05) is 11.8 Å². The molecule has 0 fully saturated rings. The average Bonchev–Trinajstić information content (AvgIpc) is 2.56. The van der Waals surface area contributed by atoms with Gasteiger partial charge < -0.3 is 10.6 Å². The van der Waals surface area contributed by atoms with Crippen LogP contribution in [0.4, 0.5) is 10.1 Å². The zero-order valence-electron chi connectivity index (χ0n) is 15.4. The van der Waals surface area contributed by atoms with Crippen LogP contribution in [0.2, 0.25) is 0 Å². The maximum Gasteiger partial charge on any atom is 0.244 e. The molecule has 0 heterocycles. The van der Waals surface area contributed by atoms with E-state index in [2.05, 4.69) is 10.6 Å². The van der Waals surface area contributed by atoms with Crippen LogP contribution in [-0.4, -0.2) is 18.4 Å². The molecule has 0 saturated heterocycles. The van der Waals surface area contributed by atoms with Gasteiger partial charge in [-0.2, -0.15) is 0 Å². The van der Waals surface area contributed by atoms with Gasteiger partial charge in [0.05, 0.1) is 6.54 Å². The second kappa shape index (κ2) is 8.43. The van der Waals surface area contributed by atoms with E-state index >= 15 is 0 Å². The van der Waals surface area contributed by atoms with E-state index in [-0.39, 0.29) is 24.2 Å². The maximum atomic E-state index is 12.9. The zero-order valence-corrected chi connectivity index (χ0v) is 15.4. The molecule has 26 heavy (non-hydrogen) atoms. The molecule has 5 heteroatoms. The highest BCUT2D eigenvalue weighted by Crippen LogP contribution is 2.21. The molecular formula is C21H23FN2O2. The van der Waals surface area contributed by atoms with Crippen molar-refractivity contribution in [2.75, 3.05) is 11.9 Å². The van der Waals surface area contributed by atoms with Gasteiger partial charge in [-0.1, -0.05) is 29.8 Å². The van der Waals surface area contributed by atoms with Gasteiger partial charge in [0.25, 0.3) is 0 Å². The summed E-state index contributed by atoms with van der Waals surface area (Å²) in [5.41, 5.74) is 5.30. The Hall–Kier alpha value is -2.95. The fraction of sp³-hybridized carbons (Fsp3) is 0.238. The quantitative estimate of drug-likeness (QED) is 0.800. The van der Waals surface area contributed by atoms with Crippen LogP contribution in [0.1, 0.15) is 29.2 Å². The summed E-state index contributed by atoms with van der Waals surface area (Å²) < 4.78 is 12.9. The number of benzene rings is 2. The Labute approximate surface area is 153 Å². The first kappa shape index (κ1) is 19.4. The number of nitrogens with one attached hydrogen (secondary N) is 2. The van der Waals surface area contributed by atoms with Crippen molar-refractivity contribution in [2.45, 2.75) is 27.7 Å². The molecule has 0 aliphatic rings. The van der Waals surface area contributed by atoms with E-state index in [1.807, 2.05) is 32.9 Å². The molecule has 0 bridgehead atoms. The SMILES string of the molecule is C/C(=C\C(=O)NCC(=O)Nc1c(C)cc(C)cc1C)c1ccc(F)cc1. The summed E-state index contributed by atoms with van der Waals surface area (Å²) in [5.74, 6) is -0.995. The van der Waals surface area contributed by atoms with E-state index in [9.17, 15) is 14.0 Å². The number of amides is 2. The van der Waals surface area contributed by atoms with Crippen molar-refractivity contribution in [3.8, 4) is 0 Å². The lowest BCUT2D eigenvalue weighted by Crippen LogP contribution is -2.32. The number of hydrogen-bond donors (Lipinski definition) is 2. The minimum absolute atomic E-state index is 0.126. The Kier molecular flexibility index (Phi) is 6.28. The molecule has 0 unspecified atom stereocenters. The Bertz CT molecular complexity index is 832. The molecule has 2 aromatic rings. The van der Waals surface area contributed by atoms with E-state index in [1.165, 1.54) is 18.2 Å². The molecule has 4 nitrogen and oxygen atoms in total. The van der Waals surface area contributed by atoms with Gasteiger partial charge in [-0.3, -0.25) is 9.59 Å². The van der Waals surface area contributed by atoms with Crippen LogP contribution in [0, 0.1) is 26.6 Å². The van der Waals surface area contributed by atoms with Crippen LogP contribution >= 0.6 is 0 Å². The molecule has 136 valence electrons. The predicted octanol–water partition coefficient (Wildman–Crippen LogP) is 3.91. The van der Waals surface area contributed by atoms with Gasteiger partial charge in [-0.15, -0.1) is 0 Å². The van der Waals surface area contributed by atoms with Crippen LogP contribution in [0.3, 0.4) is 0 Å². The fourth-order valence-corrected chi connectivity index (χ4v) is 2.77. The highest BCUT2D eigenvalue weighted by atomic mass is 19.1. The van der Waals surface area contributed by atoms with Crippen molar-refractivity contribution in [2.24, 2.45) is 0 Å². The highest BCUT2D eigenvalue weighted by Gasteiger charge is 2.09. The molecule has 0 atom stereocenters. The number of allylic oxidation sites excluding steroid dienone is 1. The van der Waals surface area contributed by atoms with E-state index in [4.69, 9.17) is 0 Å². The molecule has 2 amide bonds. The number of hydrogen-bond acceptors (Lipinski definition) is 2. The van der Waals surface area contributed by atoms with Crippen molar-refractivity contribution < 1.29 is 14.0 Å². The normalized spacial score (nSPS) is 11.2. The number of halogens is 1. The van der Waals surface area contributed by atoms with Crippen LogP contribution < -0.4 is 10.6 Å². The Balaban J connectivity index is 1.94. The Morgan fingerprint density at radius 1 is 1.04 bits per heavy atom. The lowest BCUT2D eigenvalue weighted by Gasteiger charge is -2.13. The molecule has 2 rings (SSSR count). The Morgan fingerprint density at radius 2 is 1.62 bits per heavy atom. The topological polar surface area (TPSA) is 58.2 Å². The summed E-state index contributed by atoms with van der Waals surface area (Å²) in [6, 6.07) is 9.87. The summed E-state index contributed by atoms with van der Waals surface area (Å²) in [5, 5.41) is 5.40. The van der Waals surface area contributed by atoms with Gasteiger partial charge in [0.15, 0.2) is 0 Å². The minimum Gasteiger partial charge on any atom is -0.343 e. The number of aryl methyl sites for hydroxylation is 3. The standard InChI is InChI=1S/C21H23FN2O2/c1-13-9-15(3)21(16(4)10-13)24-20(26)12-23-19(25)11-14(2)17-5-7-18(22)8-6-17/h5-11H,12H2,1-4H3,(H,23,25)(H,24,26)/b14-11+. The summed E-state index contributed by atoms with van der Waals surface area (Å²) in [7, 11) is 0. The van der Waals surface area contributed by atoms with Crippen molar-refractivity contribution in [1.29, 1.82) is 0 Å². The number of rotatable bonds is 5. The van der Waals surface area contributed by atoms with Crippen molar-refractivity contribution in [1.82, 2.24) is 5.32 Å². The molecule has 2 aromatic carbocycles. The summed E-state index contributed by atoms with van der Waals surface area (Å²) in [4.78, 5) is 24.1. The number of carbonyl (C=O) groups is 2. The smallest absolute Gasteiger partial charge is 0.244 e. The van der Waals surface area contributed by atoms with Crippen LogP contribution in [0.15, 0.2) is 42.5 Å². The van der Waals surface area contributed by atoms with E-state index < -0.39 is 0 Å². The molecule has 0 spiro atoms. The molecule has 0 saturated carbocycles. The second-order valence-corrected chi connectivity index (χ2v) is 6.37. The van der Waals surface area contributed by atoms with E-state index in [1.54, 1.807) is 19.1 Å². The first-order valence-corrected chi connectivity index (χ1v) is 8.36. The first-order chi connectivity index (χ1) is 12.3. The van der Waals surface area contributed by atoms with Gasteiger partial charge in [0.2, 0.25) is 11.8 Å². The molecule has 0 radical (unpaired) electrons. The van der Waals surface area contributed by atoms with Crippen LogP contribution in [0.5, 0.6) is 0 Å². The molecule has 0 aliphatic carbocycles. The molecule has 2 N–H and O–H groups in total. The third kappa shape index (κ3) is 5.28. The second-order valence-electron chi connectivity index (χ2n) is 6.37. The van der Waals surface area contributed by atoms with E-state index in [0.717, 1.165) is 27.9 Å². The van der Waals surface area contributed by atoms with Crippen LogP contribution in [0.25, 0.3) is 5.57 Å². The number of anilines is 1. The van der Waals surface area contributed by atoms with Crippen molar-refractivity contribution in [3.05, 3.63) is 70.5 Å². The summed E-state index contributed by atoms with van der Waals surface area (Å²) >= 11 is 0. The van der Waals surface area contributed by atoms with Crippen molar-refractivity contribution in [3.63, 3.8) is 0 Å². The molecule has 0 aliphatic heterocycles. The first-order valence-electron chi connectivity index (χ1n) is 8.36. The largest absolute Gasteiger partial charge is 0.343 e. The summed E-state index contributed by atoms with van der Waals surface area (Å²) in [6.45, 7) is 7.50. The van der Waals surface area contributed by atoms with Gasteiger partial charge in [0.1, 0.15) is 5.82 Å². The monoisotopic (exact) mass is 354 g/mol. The van der Waals surface area contributed by atoms with Crippen molar-refractivity contribution >= 4 is 23.1 Å². The highest BCUT2D eigenvalue weighted by molar-refractivity contribution is 5.99. The van der Waals surface area contributed by atoms with Gasteiger partial charge in [-0.05, 0) is 62.1 Å². The third-order valence-corrected chi connectivity index (χ3v) is 4.01. The maximum absolute atomic E-state index is 12.9. The number of carbonyl (C=O) groups excluding carboxylic acids is 2. The lowest BCUT2D eigenvalue weighted by molar-refractivity contribution is -0.121. The van der Waals surface area contributed by atoms with Crippen LogP contribution in [-0.2, 0) is 9.59 Å². The van der Waals surface area contributed by atoms with Gasteiger partial charge in [-0.25, -0.2) is 4.39 Å². The third-order valence-electron chi connectivity index (χ3n) is 4.01. The van der Waals surface area contributed by atoms with Gasteiger partial charge >= 0.3 is 0 Å². The molecular weight excluding hydrogens is 331 g/mol. The molecule has 0 aromatic heterocycles. The average molecular weight is 354 g/mol. The lowest BCUT2D eigenvalue weighted by atomic mass is 10.1. The summed E-state index contributed by atoms with van der Waals surface area (Å²) in [6.07, 6.45) is 1.39. The predicted molar refractivity (Wildman–Crippen MR) is 102 cm³/mol. The minimum atomic E-state index is -0.376. The van der Waals surface area contributed by atoms with E-state index in [0.29, 0.717) is 5.57 Å². The Morgan fingerprint density at radius 3 is 2.19 bits per heavy atom. The fourth-order valence-electron chi connectivity index (χ4n) is 2.77.